The summed E-state index contributed by atoms with van der Waals surface area (Å²) in [5.41, 5.74) is 5.46. The molecule has 0 aliphatic heterocycles. The van der Waals surface area contributed by atoms with Gasteiger partial charge in [-0.05, 0) is 36.6 Å². The second-order valence-corrected chi connectivity index (χ2v) is 4.70. The van der Waals surface area contributed by atoms with Crippen LogP contribution >= 0.6 is 0 Å². The number of nitrogens with one attached hydrogen (secondary N) is 1. The fourth-order valence-electron chi connectivity index (χ4n) is 1.65. The van der Waals surface area contributed by atoms with Gasteiger partial charge in [0.25, 0.3) is 0 Å². The van der Waals surface area contributed by atoms with Gasteiger partial charge in [-0.15, -0.1) is 0 Å². The number of anilines is 1. The van der Waals surface area contributed by atoms with Crippen LogP contribution in [0.5, 0.6) is 0 Å². The molecule has 18 heavy (non-hydrogen) atoms. The van der Waals surface area contributed by atoms with Gasteiger partial charge in [0.15, 0.2) is 0 Å². The van der Waals surface area contributed by atoms with Crippen LogP contribution in [0.15, 0.2) is 24.3 Å². The van der Waals surface area contributed by atoms with Gasteiger partial charge in [0, 0.05) is 12.2 Å². The first-order valence-electron chi connectivity index (χ1n) is 5.95. The van der Waals surface area contributed by atoms with E-state index in [2.05, 4.69) is 5.32 Å². The van der Waals surface area contributed by atoms with Gasteiger partial charge in [-0.25, -0.2) is 0 Å². The predicted molar refractivity (Wildman–Crippen MR) is 67.3 cm³/mol. The molecule has 0 fully saturated rings. The van der Waals surface area contributed by atoms with Crippen molar-refractivity contribution in [1.82, 2.24) is 0 Å². The van der Waals surface area contributed by atoms with E-state index in [1.807, 2.05) is 13.8 Å². The number of halogens is 3. The van der Waals surface area contributed by atoms with E-state index >= 15 is 0 Å². The smallest absolute Gasteiger partial charge is 0.385 e. The van der Waals surface area contributed by atoms with E-state index in [9.17, 15) is 13.2 Å². The van der Waals surface area contributed by atoms with Crippen molar-refractivity contribution in [3.05, 3.63) is 29.8 Å². The molecular formula is C13H19F3N2. The molecule has 0 aliphatic carbocycles. The minimum Gasteiger partial charge on any atom is -0.385 e. The molecule has 0 saturated carbocycles. The van der Waals surface area contributed by atoms with Crippen LogP contribution in [0.1, 0.15) is 19.4 Å². The number of benzene rings is 1. The summed E-state index contributed by atoms with van der Waals surface area (Å²) >= 11 is 0. The van der Waals surface area contributed by atoms with Gasteiger partial charge in [-0.3, -0.25) is 0 Å². The molecular weight excluding hydrogens is 241 g/mol. The molecule has 5 heteroatoms. The Morgan fingerprint density at radius 2 is 1.94 bits per heavy atom. The van der Waals surface area contributed by atoms with Gasteiger partial charge >= 0.3 is 6.18 Å². The summed E-state index contributed by atoms with van der Waals surface area (Å²) in [5, 5.41) is 3.01. The highest BCUT2D eigenvalue weighted by Gasteiger charge is 2.30. The van der Waals surface area contributed by atoms with Crippen LogP contribution in [0.4, 0.5) is 18.9 Å². The van der Waals surface area contributed by atoms with Crippen LogP contribution in [0.2, 0.25) is 0 Å². The summed E-state index contributed by atoms with van der Waals surface area (Å²) in [6.45, 7) is 5.19. The van der Waals surface area contributed by atoms with E-state index in [0.29, 0.717) is 24.7 Å². The Morgan fingerprint density at radius 3 is 2.44 bits per heavy atom. The van der Waals surface area contributed by atoms with Crippen molar-refractivity contribution in [1.29, 1.82) is 0 Å². The van der Waals surface area contributed by atoms with Gasteiger partial charge in [0.1, 0.15) is 0 Å². The summed E-state index contributed by atoms with van der Waals surface area (Å²) in [6, 6.07) is 5.21. The van der Waals surface area contributed by atoms with Gasteiger partial charge in [0.2, 0.25) is 0 Å². The zero-order valence-electron chi connectivity index (χ0n) is 10.6. The molecule has 3 N–H and O–H groups in total. The molecule has 0 saturated heterocycles. The molecule has 1 atom stereocenters. The second kappa shape index (κ2) is 6.09. The number of alkyl halides is 3. The van der Waals surface area contributed by atoms with Crippen LogP contribution in [-0.2, 0) is 6.18 Å². The SMILES string of the molecule is CC(C)C(CN)CNc1cccc(C(F)(F)F)c1. The Balaban J connectivity index is 2.68. The molecule has 0 radical (unpaired) electrons. The van der Waals surface area contributed by atoms with E-state index in [0.717, 1.165) is 12.1 Å². The van der Waals surface area contributed by atoms with Gasteiger partial charge < -0.3 is 11.1 Å². The molecule has 102 valence electrons. The lowest BCUT2D eigenvalue weighted by molar-refractivity contribution is -0.137. The highest BCUT2D eigenvalue weighted by molar-refractivity contribution is 5.46. The molecule has 0 spiro atoms. The van der Waals surface area contributed by atoms with E-state index < -0.39 is 11.7 Å². The van der Waals surface area contributed by atoms with E-state index in [1.54, 1.807) is 6.07 Å². The van der Waals surface area contributed by atoms with Crippen molar-refractivity contribution in [2.75, 3.05) is 18.4 Å². The topological polar surface area (TPSA) is 38.0 Å². The van der Waals surface area contributed by atoms with Crippen LogP contribution in [0.3, 0.4) is 0 Å². The maximum Gasteiger partial charge on any atom is 0.416 e. The standard InChI is InChI=1S/C13H19F3N2/c1-9(2)10(7-17)8-18-12-5-3-4-11(6-12)13(14,15)16/h3-6,9-10,18H,7-8,17H2,1-2H3. The molecule has 1 unspecified atom stereocenters. The Morgan fingerprint density at radius 1 is 1.28 bits per heavy atom. The van der Waals surface area contributed by atoms with E-state index in [-0.39, 0.29) is 5.92 Å². The fourth-order valence-corrected chi connectivity index (χ4v) is 1.65. The van der Waals surface area contributed by atoms with Crippen molar-refractivity contribution < 1.29 is 13.2 Å². The zero-order chi connectivity index (χ0) is 13.8. The Kier molecular flexibility index (Phi) is 5.02. The monoisotopic (exact) mass is 260 g/mol. The van der Waals surface area contributed by atoms with Crippen molar-refractivity contribution in [2.24, 2.45) is 17.6 Å². The molecule has 0 aliphatic rings. The number of nitrogens with two attached hydrogens (primary N) is 1. The van der Waals surface area contributed by atoms with Crippen molar-refractivity contribution in [3.8, 4) is 0 Å². The molecule has 0 heterocycles. The normalized spacial score (nSPS) is 13.7. The van der Waals surface area contributed by atoms with Crippen LogP contribution < -0.4 is 11.1 Å². The average molecular weight is 260 g/mol. The van der Waals surface area contributed by atoms with Crippen LogP contribution in [0, 0.1) is 11.8 Å². The zero-order valence-corrected chi connectivity index (χ0v) is 10.6. The van der Waals surface area contributed by atoms with Gasteiger partial charge in [-0.1, -0.05) is 19.9 Å². The fraction of sp³-hybridized carbons (Fsp3) is 0.538. The summed E-state index contributed by atoms with van der Waals surface area (Å²) in [5.74, 6) is 0.646. The molecule has 0 bridgehead atoms. The lowest BCUT2D eigenvalue weighted by atomic mass is 9.96. The lowest BCUT2D eigenvalue weighted by Gasteiger charge is -2.20. The number of hydrogen-bond acceptors (Lipinski definition) is 2. The summed E-state index contributed by atoms with van der Waals surface area (Å²) in [7, 11) is 0. The predicted octanol–water partition coefficient (Wildman–Crippen LogP) is 3.35. The van der Waals surface area contributed by atoms with E-state index in [4.69, 9.17) is 5.73 Å². The van der Waals surface area contributed by atoms with Crippen molar-refractivity contribution >= 4 is 5.69 Å². The second-order valence-electron chi connectivity index (χ2n) is 4.70. The first kappa shape index (κ1) is 14.8. The van der Waals surface area contributed by atoms with Crippen molar-refractivity contribution in [2.45, 2.75) is 20.0 Å². The number of hydrogen-bond donors (Lipinski definition) is 2. The third-order valence-electron chi connectivity index (χ3n) is 3.00. The Labute approximate surface area is 105 Å². The van der Waals surface area contributed by atoms with Gasteiger partial charge in [0.05, 0.1) is 5.56 Å². The van der Waals surface area contributed by atoms with Crippen LogP contribution in [-0.4, -0.2) is 13.1 Å². The largest absolute Gasteiger partial charge is 0.416 e. The Bertz CT molecular complexity index is 375. The minimum atomic E-state index is -4.30. The Hall–Kier alpha value is -1.23. The maximum atomic E-state index is 12.5. The molecule has 2 nitrogen and oxygen atoms in total. The third-order valence-corrected chi connectivity index (χ3v) is 3.00. The first-order chi connectivity index (χ1) is 8.34. The molecule has 1 aromatic carbocycles. The summed E-state index contributed by atoms with van der Waals surface area (Å²) < 4.78 is 37.5. The highest BCUT2D eigenvalue weighted by Crippen LogP contribution is 2.30. The first-order valence-corrected chi connectivity index (χ1v) is 5.95. The quantitative estimate of drug-likeness (QED) is 0.852. The molecule has 0 aromatic heterocycles. The maximum absolute atomic E-state index is 12.5. The average Bonchev–Trinajstić information content (AvgIpc) is 2.28. The molecule has 1 rings (SSSR count). The lowest BCUT2D eigenvalue weighted by Crippen LogP contribution is -2.27. The van der Waals surface area contributed by atoms with E-state index in [1.165, 1.54) is 6.07 Å². The third kappa shape index (κ3) is 4.22. The van der Waals surface area contributed by atoms with Crippen LogP contribution in [0.25, 0.3) is 0 Å². The van der Waals surface area contributed by atoms with Crippen molar-refractivity contribution in [3.63, 3.8) is 0 Å². The summed E-state index contributed by atoms with van der Waals surface area (Å²) in [4.78, 5) is 0. The minimum absolute atomic E-state index is 0.250. The van der Waals surface area contributed by atoms with Gasteiger partial charge in [-0.2, -0.15) is 13.2 Å². The highest BCUT2D eigenvalue weighted by atomic mass is 19.4. The number of rotatable bonds is 5. The summed E-state index contributed by atoms with van der Waals surface area (Å²) in [6.07, 6.45) is -4.30. The molecule has 1 aromatic rings. The molecule has 0 amide bonds.